The fourth-order valence-electron chi connectivity index (χ4n) is 3.63. The van der Waals surface area contributed by atoms with Crippen molar-refractivity contribution in [3.63, 3.8) is 0 Å². The highest BCUT2D eigenvalue weighted by molar-refractivity contribution is 5.93. The SMILES string of the molecule is CCn1ncc2c1[C@H](COC)CN(C(=O)C1=CCCCC1)C2. The molecule has 1 atom stereocenters. The number of fused-ring (bicyclic) bond motifs is 1. The third-order valence-electron chi connectivity index (χ3n) is 4.67. The predicted octanol–water partition coefficient (Wildman–Crippen LogP) is 2.48. The van der Waals surface area contributed by atoms with Crippen molar-refractivity contribution in [1.29, 1.82) is 0 Å². The van der Waals surface area contributed by atoms with Crippen LogP contribution in [0.5, 0.6) is 0 Å². The number of amides is 1. The molecule has 0 saturated carbocycles. The molecule has 3 rings (SSSR count). The fraction of sp³-hybridized carbons (Fsp3) is 0.647. The average molecular weight is 303 g/mol. The normalized spacial score (nSPS) is 21.5. The number of aryl methyl sites for hydroxylation is 1. The van der Waals surface area contributed by atoms with Crippen LogP contribution in [0.15, 0.2) is 17.8 Å². The summed E-state index contributed by atoms with van der Waals surface area (Å²) in [6.45, 7) is 4.98. The van der Waals surface area contributed by atoms with Gasteiger partial charge in [0.1, 0.15) is 0 Å². The van der Waals surface area contributed by atoms with E-state index in [-0.39, 0.29) is 11.8 Å². The van der Waals surface area contributed by atoms with Crippen molar-refractivity contribution in [1.82, 2.24) is 14.7 Å². The number of allylic oxidation sites excluding steroid dienone is 1. The molecule has 1 aliphatic heterocycles. The highest BCUT2D eigenvalue weighted by atomic mass is 16.5. The van der Waals surface area contributed by atoms with Gasteiger partial charge >= 0.3 is 0 Å². The number of aromatic nitrogens is 2. The quantitative estimate of drug-likeness (QED) is 0.858. The Hall–Kier alpha value is -1.62. The van der Waals surface area contributed by atoms with Gasteiger partial charge in [0, 0.05) is 43.8 Å². The van der Waals surface area contributed by atoms with E-state index >= 15 is 0 Å². The maximum atomic E-state index is 12.8. The van der Waals surface area contributed by atoms with Gasteiger partial charge in [0.15, 0.2) is 0 Å². The Kier molecular flexibility index (Phi) is 4.62. The van der Waals surface area contributed by atoms with Gasteiger partial charge in [-0.25, -0.2) is 0 Å². The van der Waals surface area contributed by atoms with Crippen molar-refractivity contribution in [2.24, 2.45) is 0 Å². The van der Waals surface area contributed by atoms with Gasteiger partial charge in [0.2, 0.25) is 5.91 Å². The molecule has 22 heavy (non-hydrogen) atoms. The molecule has 0 fully saturated rings. The zero-order valence-corrected chi connectivity index (χ0v) is 13.5. The number of rotatable bonds is 4. The van der Waals surface area contributed by atoms with Crippen molar-refractivity contribution in [2.75, 3.05) is 20.3 Å². The molecule has 2 heterocycles. The summed E-state index contributed by atoms with van der Waals surface area (Å²) in [5.74, 6) is 0.417. The van der Waals surface area contributed by atoms with E-state index in [1.165, 1.54) is 17.7 Å². The highest BCUT2D eigenvalue weighted by Gasteiger charge is 2.32. The van der Waals surface area contributed by atoms with E-state index in [0.717, 1.165) is 37.9 Å². The van der Waals surface area contributed by atoms with Crippen LogP contribution in [0.4, 0.5) is 0 Å². The van der Waals surface area contributed by atoms with Crippen molar-refractivity contribution in [3.8, 4) is 0 Å². The number of carbonyl (C=O) groups is 1. The van der Waals surface area contributed by atoms with Gasteiger partial charge in [0.25, 0.3) is 0 Å². The van der Waals surface area contributed by atoms with E-state index in [1.54, 1.807) is 7.11 Å². The van der Waals surface area contributed by atoms with Crippen LogP contribution in [-0.4, -0.2) is 40.8 Å². The zero-order valence-electron chi connectivity index (χ0n) is 13.5. The van der Waals surface area contributed by atoms with Gasteiger partial charge in [-0.15, -0.1) is 0 Å². The van der Waals surface area contributed by atoms with Crippen molar-refractivity contribution in [2.45, 2.75) is 51.6 Å². The van der Waals surface area contributed by atoms with Gasteiger partial charge < -0.3 is 9.64 Å². The monoisotopic (exact) mass is 303 g/mol. The number of hydrogen-bond donors (Lipinski definition) is 0. The summed E-state index contributed by atoms with van der Waals surface area (Å²) < 4.78 is 7.43. The molecule has 0 unspecified atom stereocenters. The largest absolute Gasteiger partial charge is 0.384 e. The van der Waals surface area contributed by atoms with Crippen molar-refractivity contribution < 1.29 is 9.53 Å². The Morgan fingerprint density at radius 2 is 2.32 bits per heavy atom. The number of methoxy groups -OCH3 is 1. The number of nitrogens with zero attached hydrogens (tertiary/aromatic N) is 3. The molecule has 1 aliphatic carbocycles. The molecule has 0 bridgehead atoms. The average Bonchev–Trinajstić information content (AvgIpc) is 2.98. The lowest BCUT2D eigenvalue weighted by atomic mass is 9.94. The second kappa shape index (κ2) is 6.65. The van der Waals surface area contributed by atoms with Gasteiger partial charge in [-0.2, -0.15) is 5.10 Å². The summed E-state index contributed by atoms with van der Waals surface area (Å²) in [5.41, 5.74) is 3.40. The molecule has 0 saturated heterocycles. The fourth-order valence-corrected chi connectivity index (χ4v) is 3.63. The van der Waals surface area contributed by atoms with Crippen LogP contribution < -0.4 is 0 Å². The second-order valence-electron chi connectivity index (χ2n) is 6.18. The lowest BCUT2D eigenvalue weighted by molar-refractivity contribution is -0.128. The third kappa shape index (κ3) is 2.82. The molecule has 5 heteroatoms. The van der Waals surface area contributed by atoms with Crippen LogP contribution in [0, 0.1) is 0 Å². The van der Waals surface area contributed by atoms with Crippen molar-refractivity contribution >= 4 is 5.91 Å². The minimum atomic E-state index is 0.204. The molecule has 1 aromatic heterocycles. The van der Waals surface area contributed by atoms with Gasteiger partial charge in [-0.05, 0) is 32.6 Å². The first-order valence-corrected chi connectivity index (χ1v) is 8.26. The minimum absolute atomic E-state index is 0.204. The Balaban J connectivity index is 1.84. The van der Waals surface area contributed by atoms with E-state index < -0.39 is 0 Å². The molecule has 5 nitrogen and oxygen atoms in total. The first-order chi connectivity index (χ1) is 10.7. The Morgan fingerprint density at radius 3 is 3.00 bits per heavy atom. The highest BCUT2D eigenvalue weighted by Crippen LogP contribution is 2.30. The van der Waals surface area contributed by atoms with Crippen LogP contribution in [0.2, 0.25) is 0 Å². The van der Waals surface area contributed by atoms with Gasteiger partial charge in [-0.3, -0.25) is 9.48 Å². The summed E-state index contributed by atoms with van der Waals surface area (Å²) in [6.07, 6.45) is 8.33. The van der Waals surface area contributed by atoms with E-state index in [9.17, 15) is 4.79 Å². The Morgan fingerprint density at radius 1 is 1.45 bits per heavy atom. The summed E-state index contributed by atoms with van der Waals surface area (Å²) in [5, 5.41) is 4.46. The van der Waals surface area contributed by atoms with E-state index in [0.29, 0.717) is 13.2 Å². The number of hydrogen-bond acceptors (Lipinski definition) is 3. The van der Waals surface area contributed by atoms with Crippen LogP contribution in [0.3, 0.4) is 0 Å². The third-order valence-corrected chi connectivity index (χ3v) is 4.67. The molecule has 0 aromatic carbocycles. The van der Waals surface area contributed by atoms with Crippen LogP contribution in [-0.2, 0) is 22.6 Å². The first kappa shape index (κ1) is 15.3. The molecule has 0 spiro atoms. The standard InChI is InChI=1S/C17H25N3O2/c1-3-20-16-14(9-18-20)10-19(11-15(16)12-22-2)17(21)13-7-5-4-6-8-13/h7,9,15H,3-6,8,10-12H2,1-2H3/t15-/m0/s1. The Bertz CT molecular complexity index is 576. The molecule has 2 aliphatic rings. The molecule has 1 amide bonds. The van der Waals surface area contributed by atoms with E-state index in [2.05, 4.69) is 18.1 Å². The lowest BCUT2D eigenvalue weighted by Crippen LogP contribution is -2.40. The smallest absolute Gasteiger partial charge is 0.249 e. The van der Waals surface area contributed by atoms with Crippen molar-refractivity contribution in [3.05, 3.63) is 29.1 Å². The predicted molar refractivity (Wildman–Crippen MR) is 84.5 cm³/mol. The first-order valence-electron chi connectivity index (χ1n) is 8.26. The van der Waals surface area contributed by atoms with E-state index in [1.807, 2.05) is 15.8 Å². The Labute approximate surface area is 131 Å². The molecular formula is C17H25N3O2. The van der Waals surface area contributed by atoms with Gasteiger partial charge in [0.05, 0.1) is 18.5 Å². The molecular weight excluding hydrogens is 278 g/mol. The molecule has 0 N–H and O–H groups in total. The van der Waals surface area contributed by atoms with Gasteiger partial charge in [-0.1, -0.05) is 6.08 Å². The number of ether oxygens (including phenoxy) is 1. The summed E-state index contributed by atoms with van der Waals surface area (Å²) in [7, 11) is 1.72. The van der Waals surface area contributed by atoms with Crippen LogP contribution >= 0.6 is 0 Å². The van der Waals surface area contributed by atoms with Crippen LogP contribution in [0.1, 0.15) is 49.8 Å². The maximum Gasteiger partial charge on any atom is 0.249 e. The lowest BCUT2D eigenvalue weighted by Gasteiger charge is -2.34. The van der Waals surface area contributed by atoms with E-state index in [4.69, 9.17) is 4.74 Å². The molecule has 0 radical (unpaired) electrons. The minimum Gasteiger partial charge on any atom is -0.384 e. The zero-order chi connectivity index (χ0) is 15.5. The topological polar surface area (TPSA) is 47.4 Å². The maximum absolute atomic E-state index is 12.8. The summed E-state index contributed by atoms with van der Waals surface area (Å²) >= 11 is 0. The summed E-state index contributed by atoms with van der Waals surface area (Å²) in [6, 6.07) is 0. The second-order valence-corrected chi connectivity index (χ2v) is 6.18. The molecule has 120 valence electrons. The summed E-state index contributed by atoms with van der Waals surface area (Å²) in [4.78, 5) is 14.8. The van der Waals surface area contributed by atoms with Crippen LogP contribution in [0.25, 0.3) is 0 Å². The molecule has 1 aromatic rings. The number of carbonyl (C=O) groups excluding carboxylic acids is 1.